The Hall–Kier alpha value is -3.46. The van der Waals surface area contributed by atoms with E-state index in [4.69, 9.17) is 23.7 Å². The number of benzene rings is 2. The topological polar surface area (TPSA) is 113 Å². The van der Waals surface area contributed by atoms with E-state index in [1.54, 1.807) is 50.2 Å². The lowest BCUT2D eigenvalue weighted by atomic mass is 10.1. The first kappa shape index (κ1) is 22.2. The smallest absolute Gasteiger partial charge is 0.412 e. The fraction of sp³-hybridized carbons (Fsp3) is 0.364. The number of fused-ring (bicyclic) bond motifs is 1. The summed E-state index contributed by atoms with van der Waals surface area (Å²) in [5, 5.41) is 12.0. The predicted octanol–water partition coefficient (Wildman–Crippen LogP) is 3.59. The van der Waals surface area contributed by atoms with Crippen molar-refractivity contribution in [2.75, 3.05) is 19.2 Å². The van der Waals surface area contributed by atoms with Gasteiger partial charge in [0.05, 0.1) is 18.9 Å². The van der Waals surface area contributed by atoms with Gasteiger partial charge in [-0.05, 0) is 49.2 Å². The molecule has 0 radical (unpaired) electrons. The van der Waals surface area contributed by atoms with Gasteiger partial charge in [0, 0.05) is 6.42 Å². The van der Waals surface area contributed by atoms with E-state index in [0.717, 1.165) is 5.56 Å². The molecule has 1 aliphatic rings. The van der Waals surface area contributed by atoms with Gasteiger partial charge in [-0.1, -0.05) is 12.1 Å². The summed E-state index contributed by atoms with van der Waals surface area (Å²) in [6.45, 7) is 3.78. The lowest BCUT2D eigenvalue weighted by molar-refractivity contribution is -0.153. The highest BCUT2D eigenvalue weighted by atomic mass is 16.7. The van der Waals surface area contributed by atoms with Gasteiger partial charge in [-0.2, -0.15) is 0 Å². The molecule has 1 atom stereocenters. The van der Waals surface area contributed by atoms with Gasteiger partial charge in [0.25, 0.3) is 0 Å². The van der Waals surface area contributed by atoms with Crippen LogP contribution in [0.5, 0.6) is 17.2 Å². The van der Waals surface area contributed by atoms with Crippen LogP contribution in [0.3, 0.4) is 0 Å². The number of hydrogen-bond donors (Lipinski definition) is 2. The van der Waals surface area contributed by atoms with E-state index in [1.165, 1.54) is 7.11 Å². The first-order chi connectivity index (χ1) is 14.9. The maximum Gasteiger partial charge on any atom is 0.412 e. The average Bonchev–Trinajstić information content (AvgIpc) is 3.20. The normalized spacial score (nSPS) is 13.0. The third kappa shape index (κ3) is 6.02. The zero-order valence-corrected chi connectivity index (χ0v) is 17.5. The van der Waals surface area contributed by atoms with E-state index in [0.29, 0.717) is 28.5 Å². The third-order valence-corrected chi connectivity index (χ3v) is 4.44. The number of carbonyl (C=O) groups is 2. The van der Waals surface area contributed by atoms with Crippen LogP contribution in [0.4, 0.5) is 10.5 Å². The van der Waals surface area contributed by atoms with Crippen molar-refractivity contribution in [2.24, 2.45) is 0 Å². The molecule has 0 aliphatic carbocycles. The molecular weight excluding hydrogens is 406 g/mol. The van der Waals surface area contributed by atoms with Gasteiger partial charge in [-0.3, -0.25) is 5.32 Å². The van der Waals surface area contributed by atoms with Crippen LogP contribution in [-0.2, 0) is 27.3 Å². The fourth-order valence-electron chi connectivity index (χ4n) is 3.03. The molecule has 0 spiro atoms. The summed E-state index contributed by atoms with van der Waals surface area (Å²) in [7, 11) is 1.46. The Bertz CT molecular complexity index is 943. The van der Waals surface area contributed by atoms with Gasteiger partial charge in [-0.25, -0.2) is 9.59 Å². The number of methoxy groups -OCH3 is 1. The first-order valence-corrected chi connectivity index (χ1v) is 9.73. The molecule has 0 bridgehead atoms. The second-order valence-corrected chi connectivity index (χ2v) is 7.14. The number of hydrogen-bond acceptors (Lipinski definition) is 7. The van der Waals surface area contributed by atoms with E-state index >= 15 is 0 Å². The Kier molecular flexibility index (Phi) is 7.19. The number of nitrogens with one attached hydrogen (secondary N) is 1. The van der Waals surface area contributed by atoms with Crippen molar-refractivity contribution in [2.45, 2.75) is 39.1 Å². The summed E-state index contributed by atoms with van der Waals surface area (Å²) in [4.78, 5) is 23.6. The van der Waals surface area contributed by atoms with E-state index in [2.05, 4.69) is 5.32 Å². The number of aliphatic carboxylic acids is 1. The highest BCUT2D eigenvalue weighted by molar-refractivity contribution is 5.86. The Morgan fingerprint density at radius 3 is 2.55 bits per heavy atom. The number of rotatable bonds is 9. The van der Waals surface area contributed by atoms with Gasteiger partial charge in [0.15, 0.2) is 17.6 Å². The summed E-state index contributed by atoms with van der Waals surface area (Å²) < 4.78 is 26.6. The molecule has 1 aliphatic heterocycles. The summed E-state index contributed by atoms with van der Waals surface area (Å²) in [6.07, 6.45) is -1.69. The standard InChI is InChI=1S/C22H25NO8/c1-13(2)31-20(21(24)25)9-14-4-6-16(18(8-14)27-3)23-22(26)28-11-15-5-7-17-19(10-15)30-12-29-17/h4-8,10,13,20H,9,11-12H2,1-3H3,(H,23,26)(H,24,25). The quantitative estimate of drug-likeness (QED) is 0.619. The Balaban J connectivity index is 1.60. The van der Waals surface area contributed by atoms with Crippen molar-refractivity contribution < 1.29 is 38.4 Å². The van der Waals surface area contributed by atoms with Crippen LogP contribution >= 0.6 is 0 Å². The van der Waals surface area contributed by atoms with Crippen LogP contribution in [0.2, 0.25) is 0 Å². The summed E-state index contributed by atoms with van der Waals surface area (Å²) in [5.74, 6) is 0.606. The molecule has 166 valence electrons. The van der Waals surface area contributed by atoms with Crippen molar-refractivity contribution in [3.05, 3.63) is 47.5 Å². The van der Waals surface area contributed by atoms with Crippen LogP contribution in [0.1, 0.15) is 25.0 Å². The minimum Gasteiger partial charge on any atom is -0.495 e. The number of carbonyl (C=O) groups excluding carboxylic acids is 1. The lowest BCUT2D eigenvalue weighted by Gasteiger charge is -2.17. The van der Waals surface area contributed by atoms with E-state index < -0.39 is 18.2 Å². The number of carboxylic acids is 1. The van der Waals surface area contributed by atoms with Crippen molar-refractivity contribution in [3.8, 4) is 17.2 Å². The van der Waals surface area contributed by atoms with Crippen molar-refractivity contribution >= 4 is 17.7 Å². The molecule has 9 nitrogen and oxygen atoms in total. The summed E-state index contributed by atoms with van der Waals surface area (Å²) >= 11 is 0. The highest BCUT2D eigenvalue weighted by Gasteiger charge is 2.21. The predicted molar refractivity (Wildman–Crippen MR) is 111 cm³/mol. The molecular formula is C22H25NO8. The maximum atomic E-state index is 12.2. The third-order valence-electron chi connectivity index (χ3n) is 4.44. The summed E-state index contributed by atoms with van der Waals surface area (Å²) in [5.41, 5.74) is 1.86. The molecule has 0 fully saturated rings. The average molecular weight is 431 g/mol. The molecule has 2 N–H and O–H groups in total. The Labute approximate surface area is 179 Å². The van der Waals surface area contributed by atoms with Gasteiger partial charge < -0.3 is 28.8 Å². The number of anilines is 1. The molecule has 9 heteroatoms. The van der Waals surface area contributed by atoms with Crippen LogP contribution in [0.25, 0.3) is 0 Å². The van der Waals surface area contributed by atoms with Crippen LogP contribution in [0.15, 0.2) is 36.4 Å². The lowest BCUT2D eigenvalue weighted by Crippen LogP contribution is -2.29. The second-order valence-electron chi connectivity index (χ2n) is 7.14. The molecule has 31 heavy (non-hydrogen) atoms. The molecule has 2 aromatic carbocycles. The minimum absolute atomic E-state index is 0.0513. The highest BCUT2D eigenvalue weighted by Crippen LogP contribution is 2.32. The molecule has 1 unspecified atom stereocenters. The zero-order chi connectivity index (χ0) is 22.4. The Morgan fingerprint density at radius 2 is 1.84 bits per heavy atom. The number of ether oxygens (including phenoxy) is 5. The van der Waals surface area contributed by atoms with Crippen LogP contribution in [-0.4, -0.2) is 43.3 Å². The number of amides is 1. The molecule has 1 heterocycles. The van der Waals surface area contributed by atoms with Crippen LogP contribution in [0, 0.1) is 0 Å². The zero-order valence-electron chi connectivity index (χ0n) is 17.5. The SMILES string of the molecule is COc1cc(CC(OC(C)C)C(=O)O)ccc1NC(=O)OCc1ccc2c(c1)OCO2. The largest absolute Gasteiger partial charge is 0.495 e. The fourth-order valence-corrected chi connectivity index (χ4v) is 3.03. The molecule has 0 saturated carbocycles. The van der Waals surface area contributed by atoms with Crippen molar-refractivity contribution in [1.29, 1.82) is 0 Å². The molecule has 0 aromatic heterocycles. The van der Waals surface area contributed by atoms with E-state index in [1.807, 2.05) is 0 Å². The molecule has 3 rings (SSSR count). The van der Waals surface area contributed by atoms with E-state index in [-0.39, 0.29) is 25.9 Å². The minimum atomic E-state index is -1.04. The second kappa shape index (κ2) is 10.0. The van der Waals surface area contributed by atoms with Gasteiger partial charge in [0.1, 0.15) is 12.4 Å². The maximum absolute atomic E-state index is 12.2. The van der Waals surface area contributed by atoms with Crippen molar-refractivity contribution in [3.63, 3.8) is 0 Å². The number of carboxylic acid groups (broad SMARTS) is 1. The van der Waals surface area contributed by atoms with Gasteiger partial charge >= 0.3 is 12.1 Å². The van der Waals surface area contributed by atoms with Crippen LogP contribution < -0.4 is 19.5 Å². The molecule has 0 saturated heterocycles. The monoisotopic (exact) mass is 431 g/mol. The summed E-state index contributed by atoms with van der Waals surface area (Å²) in [6, 6.07) is 10.3. The molecule has 2 aromatic rings. The van der Waals surface area contributed by atoms with Gasteiger partial charge in [0.2, 0.25) is 6.79 Å². The first-order valence-electron chi connectivity index (χ1n) is 9.73. The van der Waals surface area contributed by atoms with Crippen molar-refractivity contribution in [1.82, 2.24) is 0 Å². The Morgan fingerprint density at radius 1 is 1.10 bits per heavy atom. The van der Waals surface area contributed by atoms with Gasteiger partial charge in [-0.15, -0.1) is 0 Å². The molecule has 1 amide bonds. The van der Waals surface area contributed by atoms with E-state index in [9.17, 15) is 14.7 Å².